The maximum absolute atomic E-state index is 12.7. The standard InChI is InChI=1S/C23H20BrNO7S/c24-17-2-1-3-19(14-17)29-10-13-32-23(26)16-4-6-18(7-5-16)25-33(27,28)20-8-9-21-22(15-20)31-12-11-30-21/h1-9,14-15,25H,10-13H2. The molecule has 0 bridgehead atoms. The molecule has 3 aromatic carbocycles. The summed E-state index contributed by atoms with van der Waals surface area (Å²) in [5.41, 5.74) is 0.596. The van der Waals surface area contributed by atoms with E-state index in [2.05, 4.69) is 20.7 Å². The number of esters is 1. The van der Waals surface area contributed by atoms with Crippen LogP contribution in [0.5, 0.6) is 17.2 Å². The molecule has 0 atom stereocenters. The SMILES string of the molecule is O=C(OCCOc1cccc(Br)c1)c1ccc(NS(=O)(=O)c2ccc3c(c2)OCCO3)cc1. The average Bonchev–Trinajstić information content (AvgIpc) is 2.81. The Bertz CT molecular complexity index is 1250. The first-order valence-electron chi connectivity index (χ1n) is 9.99. The Balaban J connectivity index is 1.31. The first-order chi connectivity index (χ1) is 15.9. The number of sulfonamides is 1. The fourth-order valence-electron chi connectivity index (χ4n) is 3.01. The van der Waals surface area contributed by atoms with E-state index in [0.717, 1.165) is 4.47 Å². The van der Waals surface area contributed by atoms with Crippen molar-refractivity contribution in [2.24, 2.45) is 0 Å². The fourth-order valence-corrected chi connectivity index (χ4v) is 4.47. The zero-order chi connectivity index (χ0) is 23.3. The zero-order valence-corrected chi connectivity index (χ0v) is 19.7. The second-order valence-corrected chi connectivity index (χ2v) is 9.53. The van der Waals surface area contributed by atoms with E-state index in [0.29, 0.717) is 41.7 Å². The highest BCUT2D eigenvalue weighted by atomic mass is 79.9. The summed E-state index contributed by atoms with van der Waals surface area (Å²) >= 11 is 3.36. The first-order valence-corrected chi connectivity index (χ1v) is 12.3. The number of anilines is 1. The summed E-state index contributed by atoms with van der Waals surface area (Å²) in [5.74, 6) is 1.01. The Morgan fingerprint density at radius 1 is 0.939 bits per heavy atom. The Morgan fingerprint density at radius 2 is 1.70 bits per heavy atom. The molecule has 0 aliphatic carbocycles. The Kier molecular flexibility index (Phi) is 7.05. The zero-order valence-electron chi connectivity index (χ0n) is 17.3. The molecule has 33 heavy (non-hydrogen) atoms. The molecule has 1 aliphatic rings. The van der Waals surface area contributed by atoms with Gasteiger partial charge >= 0.3 is 5.97 Å². The normalized spacial score (nSPS) is 12.6. The third-order valence-electron chi connectivity index (χ3n) is 4.58. The molecule has 0 spiro atoms. The fraction of sp³-hybridized carbons (Fsp3) is 0.174. The molecule has 172 valence electrons. The van der Waals surface area contributed by atoms with Crippen LogP contribution >= 0.6 is 15.9 Å². The summed E-state index contributed by atoms with van der Waals surface area (Å²) in [5, 5.41) is 0. The molecule has 3 aromatic rings. The van der Waals surface area contributed by atoms with Gasteiger partial charge in [0.05, 0.1) is 10.5 Å². The van der Waals surface area contributed by atoms with Gasteiger partial charge in [0.1, 0.15) is 32.2 Å². The molecular weight excluding hydrogens is 514 g/mol. The molecule has 0 fully saturated rings. The topological polar surface area (TPSA) is 100 Å². The molecule has 8 nitrogen and oxygen atoms in total. The van der Waals surface area contributed by atoms with Crippen LogP contribution in [-0.4, -0.2) is 40.8 Å². The summed E-state index contributed by atoms with van der Waals surface area (Å²) < 4.78 is 50.4. The van der Waals surface area contributed by atoms with Gasteiger partial charge in [0.15, 0.2) is 11.5 Å². The van der Waals surface area contributed by atoms with Gasteiger partial charge in [-0.15, -0.1) is 0 Å². The lowest BCUT2D eigenvalue weighted by Crippen LogP contribution is -2.17. The van der Waals surface area contributed by atoms with E-state index in [-0.39, 0.29) is 18.1 Å². The molecular formula is C23H20BrNO7S. The van der Waals surface area contributed by atoms with Crippen LogP contribution in [0.4, 0.5) is 5.69 Å². The third kappa shape index (κ3) is 5.96. The Labute approximate surface area is 199 Å². The summed E-state index contributed by atoms with van der Waals surface area (Å²) in [4.78, 5) is 12.3. The summed E-state index contributed by atoms with van der Waals surface area (Å²) in [6.45, 7) is 1.06. The van der Waals surface area contributed by atoms with Crippen LogP contribution < -0.4 is 18.9 Å². The molecule has 0 radical (unpaired) electrons. The monoisotopic (exact) mass is 533 g/mol. The van der Waals surface area contributed by atoms with Gasteiger partial charge in [-0.1, -0.05) is 22.0 Å². The number of carbonyl (C=O) groups is 1. The van der Waals surface area contributed by atoms with Crippen LogP contribution in [0.3, 0.4) is 0 Å². The number of ether oxygens (including phenoxy) is 4. The minimum Gasteiger partial charge on any atom is -0.490 e. The van der Waals surface area contributed by atoms with E-state index in [4.69, 9.17) is 18.9 Å². The highest BCUT2D eigenvalue weighted by molar-refractivity contribution is 9.10. The number of benzene rings is 3. The summed E-state index contributed by atoms with van der Waals surface area (Å²) in [6.07, 6.45) is 0. The lowest BCUT2D eigenvalue weighted by Gasteiger charge is -2.19. The molecule has 1 aliphatic heterocycles. The molecule has 0 saturated carbocycles. The highest BCUT2D eigenvalue weighted by Gasteiger charge is 2.19. The van der Waals surface area contributed by atoms with Crippen LogP contribution in [0, 0.1) is 0 Å². The van der Waals surface area contributed by atoms with Gasteiger partial charge in [0.2, 0.25) is 0 Å². The van der Waals surface area contributed by atoms with E-state index in [1.807, 2.05) is 18.2 Å². The largest absolute Gasteiger partial charge is 0.490 e. The molecule has 0 aromatic heterocycles. The molecule has 1 N–H and O–H groups in total. The number of rotatable bonds is 8. The van der Waals surface area contributed by atoms with Gasteiger partial charge in [0, 0.05) is 16.2 Å². The molecule has 0 unspecified atom stereocenters. The van der Waals surface area contributed by atoms with E-state index in [1.54, 1.807) is 12.1 Å². The lowest BCUT2D eigenvalue weighted by molar-refractivity contribution is 0.0450. The predicted octanol–water partition coefficient (Wildman–Crippen LogP) is 4.26. The van der Waals surface area contributed by atoms with E-state index in [1.165, 1.54) is 36.4 Å². The molecule has 1 heterocycles. The van der Waals surface area contributed by atoms with Crippen molar-refractivity contribution in [3.05, 3.63) is 76.8 Å². The van der Waals surface area contributed by atoms with Crippen molar-refractivity contribution in [3.8, 4) is 17.2 Å². The van der Waals surface area contributed by atoms with Gasteiger partial charge in [-0.25, -0.2) is 13.2 Å². The summed E-state index contributed by atoms with van der Waals surface area (Å²) in [6, 6.07) is 17.7. The number of nitrogens with one attached hydrogen (secondary N) is 1. The second kappa shape index (κ2) is 10.1. The van der Waals surface area contributed by atoms with Gasteiger partial charge in [-0.2, -0.15) is 0 Å². The van der Waals surface area contributed by atoms with Crippen LogP contribution in [0.25, 0.3) is 0 Å². The number of halogens is 1. The average molecular weight is 534 g/mol. The Morgan fingerprint density at radius 3 is 2.45 bits per heavy atom. The van der Waals surface area contributed by atoms with Crippen LogP contribution in [0.15, 0.2) is 76.1 Å². The molecule has 4 rings (SSSR count). The second-order valence-electron chi connectivity index (χ2n) is 6.93. The molecule has 0 amide bonds. The number of hydrogen-bond acceptors (Lipinski definition) is 7. The maximum Gasteiger partial charge on any atom is 0.338 e. The predicted molar refractivity (Wildman–Crippen MR) is 125 cm³/mol. The molecule has 10 heteroatoms. The Hall–Kier alpha value is -3.24. The van der Waals surface area contributed by atoms with Crippen molar-refractivity contribution < 1.29 is 32.2 Å². The third-order valence-corrected chi connectivity index (χ3v) is 6.45. The first kappa shape index (κ1) is 22.9. The van der Waals surface area contributed by atoms with Gasteiger partial charge < -0.3 is 18.9 Å². The number of hydrogen-bond donors (Lipinski definition) is 1. The van der Waals surface area contributed by atoms with Crippen molar-refractivity contribution in [1.82, 2.24) is 0 Å². The lowest BCUT2D eigenvalue weighted by atomic mass is 10.2. The van der Waals surface area contributed by atoms with E-state index in [9.17, 15) is 13.2 Å². The van der Waals surface area contributed by atoms with E-state index < -0.39 is 16.0 Å². The highest BCUT2D eigenvalue weighted by Crippen LogP contribution is 2.32. The van der Waals surface area contributed by atoms with Crippen molar-refractivity contribution in [1.29, 1.82) is 0 Å². The smallest absolute Gasteiger partial charge is 0.338 e. The van der Waals surface area contributed by atoms with Gasteiger partial charge in [0.25, 0.3) is 10.0 Å². The summed E-state index contributed by atoms with van der Waals surface area (Å²) in [7, 11) is -3.85. The number of carbonyl (C=O) groups excluding carboxylic acids is 1. The number of fused-ring (bicyclic) bond motifs is 1. The minimum absolute atomic E-state index is 0.0423. The van der Waals surface area contributed by atoms with Crippen LogP contribution in [-0.2, 0) is 14.8 Å². The van der Waals surface area contributed by atoms with Gasteiger partial charge in [-0.3, -0.25) is 4.72 Å². The maximum atomic E-state index is 12.7. The van der Waals surface area contributed by atoms with Crippen LogP contribution in [0.1, 0.15) is 10.4 Å². The van der Waals surface area contributed by atoms with Crippen LogP contribution in [0.2, 0.25) is 0 Å². The molecule has 0 saturated heterocycles. The van der Waals surface area contributed by atoms with Crippen molar-refractivity contribution >= 4 is 37.6 Å². The van der Waals surface area contributed by atoms with E-state index >= 15 is 0 Å². The quantitative estimate of drug-likeness (QED) is 0.341. The van der Waals surface area contributed by atoms with Gasteiger partial charge in [-0.05, 0) is 54.6 Å². The van der Waals surface area contributed by atoms with Crippen molar-refractivity contribution in [3.63, 3.8) is 0 Å². The van der Waals surface area contributed by atoms with Crippen molar-refractivity contribution in [2.45, 2.75) is 4.90 Å². The minimum atomic E-state index is -3.85. The van der Waals surface area contributed by atoms with Crippen molar-refractivity contribution in [2.75, 3.05) is 31.1 Å².